The summed E-state index contributed by atoms with van der Waals surface area (Å²) < 4.78 is 1.09. The molecule has 2 nitrogen and oxygen atoms in total. The first-order valence-corrected chi connectivity index (χ1v) is 5.18. The summed E-state index contributed by atoms with van der Waals surface area (Å²) in [6, 6.07) is 6.26. The summed E-state index contributed by atoms with van der Waals surface area (Å²) in [6.45, 7) is 3.72. The van der Waals surface area contributed by atoms with Crippen LogP contribution in [-0.4, -0.2) is 13.6 Å². The van der Waals surface area contributed by atoms with Crippen LogP contribution in [0.25, 0.3) is 0 Å². The fourth-order valence-electron chi connectivity index (χ4n) is 1.12. The minimum atomic E-state index is 0.580. The molecule has 2 N–H and O–H groups in total. The minimum absolute atomic E-state index is 0.580. The van der Waals surface area contributed by atoms with Gasteiger partial charge in [-0.05, 0) is 24.6 Å². The van der Waals surface area contributed by atoms with Gasteiger partial charge >= 0.3 is 0 Å². The molecule has 72 valence electrons. The third-order valence-electron chi connectivity index (χ3n) is 2.17. The average Bonchev–Trinajstić information content (AvgIpc) is 2.16. The van der Waals surface area contributed by atoms with Gasteiger partial charge in [0.05, 0.1) is 0 Å². The highest BCUT2D eigenvalue weighted by Crippen LogP contribution is 2.22. The summed E-state index contributed by atoms with van der Waals surface area (Å²) in [6.07, 6.45) is 0. The molecule has 1 rings (SSSR count). The van der Waals surface area contributed by atoms with Crippen LogP contribution in [0, 0.1) is 0 Å². The van der Waals surface area contributed by atoms with Crippen molar-refractivity contribution in [3.8, 4) is 0 Å². The predicted octanol–water partition coefficient (Wildman–Crippen LogP) is 2.36. The van der Waals surface area contributed by atoms with Gasteiger partial charge in [-0.2, -0.15) is 0 Å². The summed E-state index contributed by atoms with van der Waals surface area (Å²) >= 11 is 3.50. The number of anilines is 1. The molecule has 0 bridgehead atoms. The van der Waals surface area contributed by atoms with Gasteiger partial charge in [0.1, 0.15) is 0 Å². The van der Waals surface area contributed by atoms with Gasteiger partial charge in [-0.25, -0.2) is 0 Å². The minimum Gasteiger partial charge on any atom is -0.375 e. The first-order chi connectivity index (χ1) is 6.19. The van der Waals surface area contributed by atoms with Crippen LogP contribution in [0.3, 0.4) is 0 Å². The lowest BCUT2D eigenvalue weighted by Gasteiger charge is -2.17. The van der Waals surface area contributed by atoms with Gasteiger partial charge in [0, 0.05) is 30.3 Å². The number of hydrogen-bond acceptors (Lipinski definition) is 2. The zero-order valence-electron chi connectivity index (χ0n) is 8.05. The Kier molecular flexibility index (Phi) is 3.75. The summed E-state index contributed by atoms with van der Waals surface area (Å²) in [5, 5.41) is 0. The van der Waals surface area contributed by atoms with Gasteiger partial charge in [0.25, 0.3) is 0 Å². The SMILES string of the molecule is CCN(C)c1ccc(CN)c(Br)c1. The first-order valence-electron chi connectivity index (χ1n) is 4.38. The van der Waals surface area contributed by atoms with E-state index in [9.17, 15) is 0 Å². The van der Waals surface area contributed by atoms with Crippen molar-refractivity contribution in [2.24, 2.45) is 5.73 Å². The number of benzene rings is 1. The topological polar surface area (TPSA) is 29.3 Å². The van der Waals surface area contributed by atoms with Crippen LogP contribution in [-0.2, 0) is 6.54 Å². The monoisotopic (exact) mass is 242 g/mol. The second-order valence-electron chi connectivity index (χ2n) is 2.99. The Hall–Kier alpha value is -0.540. The lowest BCUT2D eigenvalue weighted by Crippen LogP contribution is -2.15. The second-order valence-corrected chi connectivity index (χ2v) is 3.85. The van der Waals surface area contributed by atoms with E-state index in [2.05, 4.69) is 53.0 Å². The smallest absolute Gasteiger partial charge is 0.0375 e. The molecule has 0 heterocycles. The van der Waals surface area contributed by atoms with Crippen LogP contribution in [0.15, 0.2) is 22.7 Å². The molecule has 0 amide bonds. The predicted molar refractivity (Wildman–Crippen MR) is 61.0 cm³/mol. The van der Waals surface area contributed by atoms with E-state index in [0.717, 1.165) is 16.6 Å². The third-order valence-corrected chi connectivity index (χ3v) is 2.91. The molecule has 0 aliphatic heterocycles. The van der Waals surface area contributed by atoms with Crippen LogP contribution >= 0.6 is 15.9 Å². The summed E-state index contributed by atoms with van der Waals surface area (Å²) in [5.41, 5.74) is 7.93. The quantitative estimate of drug-likeness (QED) is 0.883. The van der Waals surface area contributed by atoms with Crippen LogP contribution < -0.4 is 10.6 Å². The molecule has 3 heteroatoms. The normalized spacial score (nSPS) is 10.2. The maximum absolute atomic E-state index is 5.57. The van der Waals surface area contributed by atoms with Gasteiger partial charge in [0.15, 0.2) is 0 Å². The van der Waals surface area contributed by atoms with Crippen molar-refractivity contribution < 1.29 is 0 Å². The molecular formula is C10H15BrN2. The molecule has 0 aliphatic rings. The van der Waals surface area contributed by atoms with E-state index < -0.39 is 0 Å². The molecule has 1 aromatic carbocycles. The van der Waals surface area contributed by atoms with Crippen molar-refractivity contribution >= 4 is 21.6 Å². The maximum atomic E-state index is 5.57. The van der Waals surface area contributed by atoms with Gasteiger partial charge in [-0.1, -0.05) is 22.0 Å². The number of nitrogens with two attached hydrogens (primary N) is 1. The summed E-state index contributed by atoms with van der Waals surface area (Å²) in [5.74, 6) is 0. The zero-order valence-corrected chi connectivity index (χ0v) is 9.63. The first kappa shape index (κ1) is 10.5. The van der Waals surface area contributed by atoms with Crippen molar-refractivity contribution in [3.63, 3.8) is 0 Å². The van der Waals surface area contributed by atoms with Crippen molar-refractivity contribution in [1.29, 1.82) is 0 Å². The largest absolute Gasteiger partial charge is 0.375 e. The van der Waals surface area contributed by atoms with E-state index in [1.165, 1.54) is 5.69 Å². The Bertz CT molecular complexity index is 286. The highest BCUT2D eigenvalue weighted by atomic mass is 79.9. The Morgan fingerprint density at radius 1 is 1.46 bits per heavy atom. The van der Waals surface area contributed by atoms with Crippen LogP contribution in [0.5, 0.6) is 0 Å². The third kappa shape index (κ3) is 2.45. The van der Waals surface area contributed by atoms with E-state index >= 15 is 0 Å². The van der Waals surface area contributed by atoms with Crippen LogP contribution in [0.2, 0.25) is 0 Å². The molecule has 0 aromatic heterocycles. The Balaban J connectivity index is 2.95. The molecule has 0 spiro atoms. The Morgan fingerprint density at radius 3 is 2.62 bits per heavy atom. The van der Waals surface area contributed by atoms with Crippen molar-refractivity contribution in [2.45, 2.75) is 13.5 Å². The number of nitrogens with zero attached hydrogens (tertiary/aromatic N) is 1. The summed E-state index contributed by atoms with van der Waals surface area (Å²) in [7, 11) is 2.07. The van der Waals surface area contributed by atoms with E-state index in [1.54, 1.807) is 0 Å². The zero-order chi connectivity index (χ0) is 9.84. The van der Waals surface area contributed by atoms with E-state index in [-0.39, 0.29) is 0 Å². The molecule has 1 aromatic rings. The molecule has 0 atom stereocenters. The second kappa shape index (κ2) is 4.63. The highest BCUT2D eigenvalue weighted by Gasteiger charge is 2.01. The van der Waals surface area contributed by atoms with Crippen molar-refractivity contribution in [2.75, 3.05) is 18.5 Å². The van der Waals surface area contributed by atoms with Crippen molar-refractivity contribution in [1.82, 2.24) is 0 Å². The molecule has 0 radical (unpaired) electrons. The molecule has 13 heavy (non-hydrogen) atoms. The van der Waals surface area contributed by atoms with Gasteiger partial charge in [0.2, 0.25) is 0 Å². The molecule has 0 saturated carbocycles. The van der Waals surface area contributed by atoms with Crippen molar-refractivity contribution in [3.05, 3.63) is 28.2 Å². The number of hydrogen-bond donors (Lipinski definition) is 1. The molecule has 0 aliphatic carbocycles. The molecule has 0 fully saturated rings. The van der Waals surface area contributed by atoms with Gasteiger partial charge in [-0.3, -0.25) is 0 Å². The van der Waals surface area contributed by atoms with Gasteiger partial charge < -0.3 is 10.6 Å². The van der Waals surface area contributed by atoms with Gasteiger partial charge in [-0.15, -0.1) is 0 Å². The van der Waals surface area contributed by atoms with E-state index in [1.807, 2.05) is 0 Å². The molecular weight excluding hydrogens is 228 g/mol. The highest BCUT2D eigenvalue weighted by molar-refractivity contribution is 9.10. The summed E-state index contributed by atoms with van der Waals surface area (Å²) in [4.78, 5) is 2.19. The lowest BCUT2D eigenvalue weighted by atomic mass is 10.2. The fourth-order valence-corrected chi connectivity index (χ4v) is 1.65. The van der Waals surface area contributed by atoms with E-state index in [0.29, 0.717) is 6.54 Å². The average molecular weight is 243 g/mol. The lowest BCUT2D eigenvalue weighted by molar-refractivity contribution is 0.963. The number of halogens is 1. The number of rotatable bonds is 3. The van der Waals surface area contributed by atoms with Crippen LogP contribution in [0.1, 0.15) is 12.5 Å². The molecule has 0 unspecified atom stereocenters. The van der Waals surface area contributed by atoms with Crippen LogP contribution in [0.4, 0.5) is 5.69 Å². The molecule has 0 saturated heterocycles. The Morgan fingerprint density at radius 2 is 2.15 bits per heavy atom. The standard InChI is InChI=1S/C10H15BrN2/c1-3-13(2)9-5-4-8(7-12)10(11)6-9/h4-6H,3,7,12H2,1-2H3. The fraction of sp³-hybridized carbons (Fsp3) is 0.400. The Labute approximate surface area is 87.9 Å². The van der Waals surface area contributed by atoms with E-state index in [4.69, 9.17) is 5.73 Å². The maximum Gasteiger partial charge on any atom is 0.0375 e.